The minimum atomic E-state index is 0.0803. The summed E-state index contributed by atoms with van der Waals surface area (Å²) in [5.41, 5.74) is 2.05. The molecule has 0 spiro atoms. The lowest BCUT2D eigenvalue weighted by atomic mass is 9.86. The Bertz CT molecular complexity index is 1000. The number of pyridine rings is 1. The number of anilines is 3. The van der Waals surface area contributed by atoms with Crippen molar-refractivity contribution in [3.8, 4) is 0 Å². The minimum Gasteiger partial charge on any atom is -0.352 e. The van der Waals surface area contributed by atoms with Gasteiger partial charge in [-0.1, -0.05) is 39.0 Å². The largest absolute Gasteiger partial charge is 0.352 e. The Balaban J connectivity index is 1.33. The van der Waals surface area contributed by atoms with E-state index in [9.17, 15) is 4.79 Å². The smallest absolute Gasteiger partial charge is 0.253 e. The predicted octanol–water partition coefficient (Wildman–Crippen LogP) is 3.88. The summed E-state index contributed by atoms with van der Waals surface area (Å²) in [6.07, 6.45) is 1.73. The van der Waals surface area contributed by atoms with E-state index in [4.69, 9.17) is 0 Å². The van der Waals surface area contributed by atoms with Gasteiger partial charge in [0.05, 0.1) is 0 Å². The first-order chi connectivity index (χ1) is 14.9. The fraction of sp³-hybridized carbons (Fsp3) is 0.333. The Morgan fingerprint density at radius 1 is 0.871 bits per heavy atom. The zero-order chi connectivity index (χ0) is 21.8. The van der Waals surface area contributed by atoms with E-state index >= 15 is 0 Å². The molecule has 1 aliphatic rings. The van der Waals surface area contributed by atoms with Crippen molar-refractivity contribution in [1.29, 1.82) is 0 Å². The average molecular weight is 417 g/mol. The summed E-state index contributed by atoms with van der Waals surface area (Å²) in [6, 6.07) is 17.5. The standard InChI is InChI=1S/C24H28N6O/c1-24(2,3)19-9-7-18(8-10-19)23(31)30-16-14-29(15-17-30)22-12-11-21(27-28-22)26-20-6-4-5-13-25-20/h4-13H,14-17H2,1-3H3,(H,25,26,27). The Kier molecular flexibility index (Phi) is 5.84. The van der Waals surface area contributed by atoms with Crippen LogP contribution in [0.4, 0.5) is 17.5 Å². The number of aromatic nitrogens is 3. The second kappa shape index (κ2) is 8.71. The normalized spacial score (nSPS) is 14.4. The van der Waals surface area contributed by atoms with Crippen LogP contribution < -0.4 is 10.2 Å². The van der Waals surface area contributed by atoms with Crippen LogP contribution in [-0.2, 0) is 5.41 Å². The fourth-order valence-electron chi connectivity index (χ4n) is 3.56. The van der Waals surface area contributed by atoms with Crippen molar-refractivity contribution >= 4 is 23.4 Å². The van der Waals surface area contributed by atoms with Gasteiger partial charge < -0.3 is 15.1 Å². The molecule has 1 fully saturated rings. The first-order valence-corrected chi connectivity index (χ1v) is 10.6. The van der Waals surface area contributed by atoms with Crippen LogP contribution >= 0.6 is 0 Å². The second-order valence-electron chi connectivity index (χ2n) is 8.72. The SMILES string of the molecule is CC(C)(C)c1ccc(C(=O)N2CCN(c3ccc(Nc4ccccn4)nn3)CC2)cc1. The molecule has 1 aliphatic heterocycles. The van der Waals surface area contributed by atoms with Crippen LogP contribution in [0.2, 0.25) is 0 Å². The molecule has 1 amide bonds. The first kappa shape index (κ1) is 20.8. The van der Waals surface area contributed by atoms with Crippen LogP contribution in [-0.4, -0.2) is 52.2 Å². The van der Waals surface area contributed by atoms with Gasteiger partial charge in [-0.05, 0) is 47.4 Å². The maximum absolute atomic E-state index is 12.9. The molecule has 0 radical (unpaired) electrons. The van der Waals surface area contributed by atoms with Crippen molar-refractivity contribution in [1.82, 2.24) is 20.1 Å². The highest BCUT2D eigenvalue weighted by Crippen LogP contribution is 2.23. The number of carbonyl (C=O) groups excluding carboxylic acids is 1. The van der Waals surface area contributed by atoms with Crippen molar-refractivity contribution in [3.63, 3.8) is 0 Å². The van der Waals surface area contributed by atoms with E-state index in [-0.39, 0.29) is 11.3 Å². The molecule has 7 heteroatoms. The van der Waals surface area contributed by atoms with Crippen LogP contribution in [0.1, 0.15) is 36.7 Å². The Hall–Kier alpha value is -3.48. The van der Waals surface area contributed by atoms with Crippen molar-refractivity contribution in [2.24, 2.45) is 0 Å². The molecule has 0 unspecified atom stereocenters. The van der Waals surface area contributed by atoms with E-state index in [0.717, 1.165) is 30.3 Å². The van der Waals surface area contributed by atoms with Crippen molar-refractivity contribution < 1.29 is 4.79 Å². The van der Waals surface area contributed by atoms with Gasteiger partial charge in [0.15, 0.2) is 11.6 Å². The lowest BCUT2D eigenvalue weighted by Crippen LogP contribution is -2.49. The molecule has 1 aromatic carbocycles. The van der Waals surface area contributed by atoms with Crippen molar-refractivity contribution in [2.75, 3.05) is 36.4 Å². The highest BCUT2D eigenvalue weighted by Gasteiger charge is 2.23. The molecular formula is C24H28N6O. The van der Waals surface area contributed by atoms with Gasteiger partial charge in [0.25, 0.3) is 5.91 Å². The number of carbonyl (C=O) groups is 1. The molecule has 1 N–H and O–H groups in total. The molecule has 7 nitrogen and oxygen atoms in total. The molecule has 0 aliphatic carbocycles. The molecular weight excluding hydrogens is 388 g/mol. The molecule has 3 aromatic rings. The number of amides is 1. The highest BCUT2D eigenvalue weighted by molar-refractivity contribution is 5.94. The predicted molar refractivity (Wildman–Crippen MR) is 123 cm³/mol. The van der Waals surface area contributed by atoms with Crippen LogP contribution in [0.3, 0.4) is 0 Å². The molecule has 1 saturated heterocycles. The minimum absolute atomic E-state index is 0.0803. The summed E-state index contributed by atoms with van der Waals surface area (Å²) >= 11 is 0. The Morgan fingerprint density at radius 2 is 1.61 bits per heavy atom. The van der Waals surface area contributed by atoms with Gasteiger partial charge in [-0.3, -0.25) is 4.79 Å². The number of rotatable bonds is 4. The molecule has 31 heavy (non-hydrogen) atoms. The Labute approximate surface area is 183 Å². The summed E-state index contributed by atoms with van der Waals surface area (Å²) in [4.78, 5) is 21.2. The average Bonchev–Trinajstić information content (AvgIpc) is 2.79. The van der Waals surface area contributed by atoms with Gasteiger partial charge in [-0.2, -0.15) is 0 Å². The van der Waals surface area contributed by atoms with Crippen LogP contribution in [0.5, 0.6) is 0 Å². The number of nitrogens with zero attached hydrogens (tertiary/aromatic N) is 5. The van der Waals surface area contributed by atoms with Gasteiger partial charge >= 0.3 is 0 Å². The molecule has 0 saturated carbocycles. The van der Waals surface area contributed by atoms with Gasteiger partial charge in [0.2, 0.25) is 0 Å². The summed E-state index contributed by atoms with van der Waals surface area (Å²) in [6.45, 7) is 9.30. The monoisotopic (exact) mass is 416 g/mol. The highest BCUT2D eigenvalue weighted by atomic mass is 16.2. The maximum Gasteiger partial charge on any atom is 0.253 e. The van der Waals surface area contributed by atoms with Crippen molar-refractivity contribution in [2.45, 2.75) is 26.2 Å². The van der Waals surface area contributed by atoms with Gasteiger partial charge in [0, 0.05) is 37.9 Å². The molecule has 160 valence electrons. The zero-order valence-corrected chi connectivity index (χ0v) is 18.2. The maximum atomic E-state index is 12.9. The summed E-state index contributed by atoms with van der Waals surface area (Å²) in [5.74, 6) is 2.27. The first-order valence-electron chi connectivity index (χ1n) is 10.6. The van der Waals surface area contributed by atoms with Crippen molar-refractivity contribution in [3.05, 3.63) is 71.9 Å². The molecule has 4 rings (SSSR count). The van der Waals surface area contributed by atoms with E-state index < -0.39 is 0 Å². The van der Waals surface area contributed by atoms with Crippen LogP contribution in [0, 0.1) is 0 Å². The number of benzene rings is 1. The zero-order valence-electron chi connectivity index (χ0n) is 18.2. The number of nitrogens with one attached hydrogen (secondary N) is 1. The van der Waals surface area contributed by atoms with Gasteiger partial charge in [-0.15, -0.1) is 10.2 Å². The van der Waals surface area contributed by atoms with Gasteiger partial charge in [0.1, 0.15) is 5.82 Å². The molecule has 0 bridgehead atoms. The lowest BCUT2D eigenvalue weighted by molar-refractivity contribution is 0.0746. The summed E-state index contributed by atoms with van der Waals surface area (Å²) in [5, 5.41) is 11.7. The second-order valence-corrected chi connectivity index (χ2v) is 8.72. The molecule has 3 heterocycles. The van der Waals surface area contributed by atoms with E-state index in [1.807, 2.05) is 47.4 Å². The molecule has 0 atom stereocenters. The summed E-state index contributed by atoms with van der Waals surface area (Å²) < 4.78 is 0. The van der Waals surface area contributed by atoms with Crippen LogP contribution in [0.15, 0.2) is 60.8 Å². The fourth-order valence-corrected chi connectivity index (χ4v) is 3.56. The number of piperazine rings is 1. The topological polar surface area (TPSA) is 74.2 Å². The lowest BCUT2D eigenvalue weighted by Gasteiger charge is -2.35. The van der Waals surface area contributed by atoms with E-state index in [1.165, 1.54) is 5.56 Å². The summed E-state index contributed by atoms with van der Waals surface area (Å²) in [7, 11) is 0. The third-order valence-electron chi connectivity index (χ3n) is 5.46. The van der Waals surface area contributed by atoms with Crippen LogP contribution in [0.25, 0.3) is 0 Å². The number of hydrogen-bond donors (Lipinski definition) is 1. The van der Waals surface area contributed by atoms with E-state index in [2.05, 4.69) is 58.3 Å². The molecule has 2 aromatic heterocycles. The third kappa shape index (κ3) is 4.99. The third-order valence-corrected chi connectivity index (χ3v) is 5.46. The van der Waals surface area contributed by atoms with E-state index in [0.29, 0.717) is 18.9 Å². The van der Waals surface area contributed by atoms with E-state index in [1.54, 1.807) is 6.20 Å². The Morgan fingerprint density at radius 3 is 2.19 bits per heavy atom. The quantitative estimate of drug-likeness (QED) is 0.696. The number of hydrogen-bond acceptors (Lipinski definition) is 6. The van der Waals surface area contributed by atoms with Gasteiger partial charge in [-0.25, -0.2) is 4.98 Å².